The summed E-state index contributed by atoms with van der Waals surface area (Å²) in [5.74, 6) is 0. The highest BCUT2D eigenvalue weighted by molar-refractivity contribution is 5.44. The Morgan fingerprint density at radius 3 is 2.41 bits per heavy atom. The summed E-state index contributed by atoms with van der Waals surface area (Å²) in [7, 11) is 0. The van der Waals surface area contributed by atoms with Gasteiger partial charge in [-0.2, -0.15) is 5.26 Å². The summed E-state index contributed by atoms with van der Waals surface area (Å²) in [5, 5.41) is 13.3. The van der Waals surface area contributed by atoms with Crippen LogP contribution >= 0.6 is 0 Å². The van der Waals surface area contributed by atoms with E-state index < -0.39 is 5.54 Å². The van der Waals surface area contributed by atoms with Crippen LogP contribution in [-0.4, -0.2) is 5.54 Å². The maximum Gasteiger partial charge on any atom is 0.111 e. The minimum absolute atomic E-state index is 0.443. The van der Waals surface area contributed by atoms with E-state index >= 15 is 0 Å². The summed E-state index contributed by atoms with van der Waals surface area (Å²) in [4.78, 5) is 0. The van der Waals surface area contributed by atoms with Gasteiger partial charge < -0.3 is 0 Å². The molecule has 2 aromatic carbocycles. The largest absolute Gasteiger partial charge is 0.295 e. The zero-order chi connectivity index (χ0) is 15.6. The molecule has 0 heterocycles. The molecule has 112 valence electrons. The van der Waals surface area contributed by atoms with Gasteiger partial charge in [0.15, 0.2) is 0 Å². The molecule has 1 N–H and O–H groups in total. The summed E-state index contributed by atoms with van der Waals surface area (Å²) in [6, 6.07) is 17.2. The molecular weight excluding hydrogens is 268 g/mol. The Morgan fingerprint density at radius 1 is 1.05 bits per heavy atom. The highest BCUT2D eigenvalue weighted by Gasteiger charge is 2.35. The van der Waals surface area contributed by atoms with E-state index in [2.05, 4.69) is 49.5 Å². The van der Waals surface area contributed by atoms with E-state index in [0.717, 1.165) is 25.8 Å². The number of hydrogen-bond donors (Lipinski definition) is 1. The van der Waals surface area contributed by atoms with Crippen LogP contribution in [0.15, 0.2) is 42.5 Å². The first-order valence-electron chi connectivity index (χ1n) is 7.92. The van der Waals surface area contributed by atoms with Crippen molar-refractivity contribution in [1.29, 1.82) is 5.26 Å². The van der Waals surface area contributed by atoms with Crippen LogP contribution in [0, 0.1) is 25.2 Å². The molecule has 0 aromatic heterocycles. The van der Waals surface area contributed by atoms with Crippen molar-refractivity contribution < 1.29 is 0 Å². The van der Waals surface area contributed by atoms with Crippen molar-refractivity contribution in [3.8, 4) is 6.07 Å². The summed E-state index contributed by atoms with van der Waals surface area (Å²) in [5.41, 5.74) is 6.27. The van der Waals surface area contributed by atoms with Crippen molar-refractivity contribution in [3.05, 3.63) is 70.3 Å². The van der Waals surface area contributed by atoms with Gasteiger partial charge in [0.2, 0.25) is 0 Å². The molecule has 3 rings (SSSR count). The van der Waals surface area contributed by atoms with Gasteiger partial charge in [-0.05, 0) is 54.5 Å². The summed E-state index contributed by atoms with van der Waals surface area (Å²) in [6.07, 6.45) is 2.67. The maximum absolute atomic E-state index is 9.79. The van der Waals surface area contributed by atoms with Crippen LogP contribution in [0.25, 0.3) is 0 Å². The first-order valence-corrected chi connectivity index (χ1v) is 7.92. The first-order chi connectivity index (χ1) is 10.6. The van der Waals surface area contributed by atoms with E-state index in [9.17, 15) is 5.26 Å². The Bertz CT molecular complexity index is 712. The fraction of sp³-hybridized carbons (Fsp3) is 0.350. The Morgan fingerprint density at radius 2 is 1.73 bits per heavy atom. The lowest BCUT2D eigenvalue weighted by Crippen LogP contribution is -2.48. The third-order valence-electron chi connectivity index (χ3n) is 4.87. The Balaban J connectivity index is 1.83. The molecule has 0 bridgehead atoms. The fourth-order valence-electron chi connectivity index (χ4n) is 3.40. The van der Waals surface area contributed by atoms with E-state index in [4.69, 9.17) is 0 Å². The number of aryl methyl sites for hydroxylation is 2. The monoisotopic (exact) mass is 290 g/mol. The van der Waals surface area contributed by atoms with Crippen molar-refractivity contribution in [3.63, 3.8) is 0 Å². The van der Waals surface area contributed by atoms with Gasteiger partial charge in [-0.1, -0.05) is 42.5 Å². The van der Waals surface area contributed by atoms with Gasteiger partial charge in [0, 0.05) is 13.0 Å². The summed E-state index contributed by atoms with van der Waals surface area (Å²) < 4.78 is 0. The first kappa shape index (κ1) is 14.8. The average molecular weight is 290 g/mol. The molecule has 0 spiro atoms. The van der Waals surface area contributed by atoms with Crippen molar-refractivity contribution in [2.45, 2.75) is 45.2 Å². The zero-order valence-corrected chi connectivity index (χ0v) is 13.3. The molecule has 1 atom stereocenters. The second-order valence-corrected chi connectivity index (χ2v) is 6.37. The van der Waals surface area contributed by atoms with Gasteiger partial charge in [0.1, 0.15) is 5.54 Å². The lowest BCUT2D eigenvalue weighted by atomic mass is 9.76. The van der Waals surface area contributed by atoms with Crippen LogP contribution in [-0.2, 0) is 19.4 Å². The molecule has 2 nitrogen and oxygen atoms in total. The lowest BCUT2D eigenvalue weighted by Gasteiger charge is -2.35. The van der Waals surface area contributed by atoms with Crippen molar-refractivity contribution in [2.75, 3.05) is 0 Å². The van der Waals surface area contributed by atoms with Gasteiger partial charge in [0.05, 0.1) is 6.07 Å². The third kappa shape index (κ3) is 2.77. The number of fused-ring (bicyclic) bond motifs is 1. The number of nitriles is 1. The Hall–Kier alpha value is -2.11. The molecule has 0 fully saturated rings. The number of nitrogens with one attached hydrogen (secondary N) is 1. The second-order valence-electron chi connectivity index (χ2n) is 6.37. The highest BCUT2D eigenvalue weighted by Crippen LogP contribution is 2.32. The number of nitrogens with zero attached hydrogens (tertiary/aromatic N) is 1. The molecule has 1 unspecified atom stereocenters. The molecule has 2 aromatic rings. The topological polar surface area (TPSA) is 35.8 Å². The predicted octanol–water partition coefficient (Wildman–Crippen LogP) is 3.84. The van der Waals surface area contributed by atoms with E-state index in [1.54, 1.807) is 0 Å². The summed E-state index contributed by atoms with van der Waals surface area (Å²) >= 11 is 0. The normalized spacial score (nSPS) is 20.2. The smallest absolute Gasteiger partial charge is 0.111 e. The summed E-state index contributed by atoms with van der Waals surface area (Å²) in [6.45, 7) is 5.08. The van der Waals surface area contributed by atoms with Crippen LogP contribution in [0.2, 0.25) is 0 Å². The molecule has 0 saturated heterocycles. The number of rotatable bonds is 3. The average Bonchev–Trinajstić information content (AvgIpc) is 2.57. The SMILES string of the molecule is Cc1ccc(C)c2c1CCC(C#N)(NCc1ccccc1)C2. The van der Waals surface area contributed by atoms with Crippen molar-refractivity contribution in [2.24, 2.45) is 0 Å². The predicted molar refractivity (Wildman–Crippen MR) is 89.6 cm³/mol. The molecule has 0 saturated carbocycles. The highest BCUT2D eigenvalue weighted by atomic mass is 15.0. The molecule has 1 aliphatic carbocycles. The molecule has 1 aliphatic rings. The van der Waals surface area contributed by atoms with Crippen LogP contribution in [0.5, 0.6) is 0 Å². The van der Waals surface area contributed by atoms with Crippen LogP contribution < -0.4 is 5.32 Å². The van der Waals surface area contributed by atoms with Gasteiger partial charge in [-0.25, -0.2) is 0 Å². The standard InChI is InChI=1S/C20H22N2/c1-15-8-9-16(2)19-12-20(14-21,11-10-18(15)19)22-13-17-6-4-3-5-7-17/h3-9,22H,10-13H2,1-2H3. The van der Waals surface area contributed by atoms with E-state index in [0.29, 0.717) is 0 Å². The van der Waals surface area contributed by atoms with E-state index in [1.807, 2.05) is 18.2 Å². The van der Waals surface area contributed by atoms with Gasteiger partial charge in [0.25, 0.3) is 0 Å². The van der Waals surface area contributed by atoms with Crippen LogP contribution in [0.3, 0.4) is 0 Å². The Labute approximate surface area is 132 Å². The number of benzene rings is 2. The second kappa shape index (κ2) is 5.94. The Kier molecular flexibility index (Phi) is 4.00. The third-order valence-corrected chi connectivity index (χ3v) is 4.87. The molecule has 0 amide bonds. The minimum atomic E-state index is -0.443. The van der Waals surface area contributed by atoms with Gasteiger partial charge >= 0.3 is 0 Å². The van der Waals surface area contributed by atoms with E-state index in [1.165, 1.54) is 27.8 Å². The molecule has 22 heavy (non-hydrogen) atoms. The van der Waals surface area contributed by atoms with Crippen LogP contribution in [0.1, 0.15) is 34.2 Å². The molecule has 0 aliphatic heterocycles. The zero-order valence-electron chi connectivity index (χ0n) is 13.3. The van der Waals surface area contributed by atoms with E-state index in [-0.39, 0.29) is 0 Å². The molecule has 0 radical (unpaired) electrons. The van der Waals surface area contributed by atoms with Crippen LogP contribution in [0.4, 0.5) is 0 Å². The molecular formula is C20H22N2. The quantitative estimate of drug-likeness (QED) is 0.932. The minimum Gasteiger partial charge on any atom is -0.295 e. The van der Waals surface area contributed by atoms with Gasteiger partial charge in [-0.3, -0.25) is 5.32 Å². The lowest BCUT2D eigenvalue weighted by molar-refractivity contribution is 0.363. The molecule has 2 heteroatoms. The number of hydrogen-bond acceptors (Lipinski definition) is 2. The van der Waals surface area contributed by atoms with Gasteiger partial charge in [-0.15, -0.1) is 0 Å². The maximum atomic E-state index is 9.79. The van der Waals surface area contributed by atoms with Crippen molar-refractivity contribution in [1.82, 2.24) is 5.32 Å². The fourth-order valence-corrected chi connectivity index (χ4v) is 3.40. The van der Waals surface area contributed by atoms with Crippen molar-refractivity contribution >= 4 is 0 Å².